The van der Waals surface area contributed by atoms with Gasteiger partial charge >= 0.3 is 0 Å². The zero-order valence-electron chi connectivity index (χ0n) is 12.4. The molecule has 0 bridgehead atoms. The standard InChI is InChI=1S/C18H22O/c1-12(2)16-11-17(19-5)13(3)14(4)18(16)15-9-7-6-8-10-15/h6-12H,1-5H3. The van der Waals surface area contributed by atoms with Gasteiger partial charge < -0.3 is 4.74 Å². The third-order valence-corrected chi connectivity index (χ3v) is 3.79. The van der Waals surface area contributed by atoms with Crippen molar-refractivity contribution in [1.29, 1.82) is 0 Å². The van der Waals surface area contributed by atoms with Crippen molar-refractivity contribution in [1.82, 2.24) is 0 Å². The molecular weight excluding hydrogens is 232 g/mol. The van der Waals surface area contributed by atoms with E-state index in [1.54, 1.807) is 7.11 Å². The molecule has 19 heavy (non-hydrogen) atoms. The smallest absolute Gasteiger partial charge is 0.122 e. The Morgan fingerprint density at radius 3 is 2.11 bits per heavy atom. The first-order valence-electron chi connectivity index (χ1n) is 6.79. The fourth-order valence-corrected chi connectivity index (χ4v) is 2.57. The Labute approximate surface area is 116 Å². The molecule has 0 heterocycles. The Morgan fingerprint density at radius 1 is 0.947 bits per heavy atom. The summed E-state index contributed by atoms with van der Waals surface area (Å²) in [5.41, 5.74) is 6.54. The van der Waals surface area contributed by atoms with Gasteiger partial charge in [0, 0.05) is 0 Å². The molecule has 0 aliphatic heterocycles. The maximum atomic E-state index is 5.51. The minimum atomic E-state index is 0.475. The number of methoxy groups -OCH3 is 1. The van der Waals surface area contributed by atoms with E-state index in [0.29, 0.717) is 5.92 Å². The Kier molecular flexibility index (Phi) is 3.94. The molecule has 0 atom stereocenters. The van der Waals surface area contributed by atoms with Gasteiger partial charge in [0.05, 0.1) is 7.11 Å². The van der Waals surface area contributed by atoms with Crippen molar-refractivity contribution >= 4 is 0 Å². The summed E-state index contributed by atoms with van der Waals surface area (Å²) in [6.45, 7) is 8.78. The molecule has 2 rings (SSSR count). The first-order chi connectivity index (χ1) is 9.06. The predicted molar refractivity (Wildman–Crippen MR) is 82.0 cm³/mol. The molecule has 0 aliphatic rings. The van der Waals surface area contributed by atoms with Gasteiger partial charge in [-0.05, 0) is 53.6 Å². The van der Waals surface area contributed by atoms with E-state index in [-0.39, 0.29) is 0 Å². The molecule has 0 saturated carbocycles. The third kappa shape index (κ3) is 2.51. The highest BCUT2D eigenvalue weighted by Crippen LogP contribution is 2.38. The van der Waals surface area contributed by atoms with Crippen molar-refractivity contribution in [3.63, 3.8) is 0 Å². The normalized spacial score (nSPS) is 10.8. The summed E-state index contributed by atoms with van der Waals surface area (Å²) in [6.07, 6.45) is 0. The molecule has 0 unspecified atom stereocenters. The second kappa shape index (κ2) is 5.48. The second-order valence-electron chi connectivity index (χ2n) is 5.31. The molecule has 0 aliphatic carbocycles. The third-order valence-electron chi connectivity index (χ3n) is 3.79. The zero-order valence-corrected chi connectivity index (χ0v) is 12.4. The molecular formula is C18H22O. The molecule has 100 valence electrons. The van der Waals surface area contributed by atoms with Crippen LogP contribution in [0.15, 0.2) is 36.4 Å². The van der Waals surface area contributed by atoms with Crippen LogP contribution >= 0.6 is 0 Å². The van der Waals surface area contributed by atoms with E-state index in [9.17, 15) is 0 Å². The minimum Gasteiger partial charge on any atom is -0.496 e. The second-order valence-corrected chi connectivity index (χ2v) is 5.31. The molecule has 2 aromatic rings. The monoisotopic (exact) mass is 254 g/mol. The van der Waals surface area contributed by atoms with E-state index >= 15 is 0 Å². The molecule has 0 aromatic heterocycles. The number of benzene rings is 2. The van der Waals surface area contributed by atoms with Crippen molar-refractivity contribution in [2.24, 2.45) is 0 Å². The lowest BCUT2D eigenvalue weighted by molar-refractivity contribution is 0.410. The predicted octanol–water partition coefficient (Wildman–Crippen LogP) is 5.10. The molecule has 1 heteroatoms. The summed E-state index contributed by atoms with van der Waals surface area (Å²) in [5, 5.41) is 0. The molecule has 0 saturated heterocycles. The van der Waals surface area contributed by atoms with Crippen molar-refractivity contribution in [3.8, 4) is 16.9 Å². The largest absolute Gasteiger partial charge is 0.496 e. The number of ether oxygens (including phenoxy) is 1. The SMILES string of the molecule is COc1cc(C(C)C)c(-c2ccccc2)c(C)c1C. The quantitative estimate of drug-likeness (QED) is 0.740. The fourth-order valence-electron chi connectivity index (χ4n) is 2.57. The number of hydrogen-bond donors (Lipinski definition) is 0. The van der Waals surface area contributed by atoms with Gasteiger partial charge in [-0.25, -0.2) is 0 Å². The van der Waals surface area contributed by atoms with Crippen LogP contribution in [0.2, 0.25) is 0 Å². The van der Waals surface area contributed by atoms with Gasteiger partial charge in [-0.3, -0.25) is 0 Å². The summed E-state index contributed by atoms with van der Waals surface area (Å²) < 4.78 is 5.51. The summed E-state index contributed by atoms with van der Waals surface area (Å²) in [7, 11) is 1.74. The summed E-state index contributed by atoms with van der Waals surface area (Å²) in [6, 6.07) is 12.8. The molecule has 0 amide bonds. The minimum absolute atomic E-state index is 0.475. The van der Waals surface area contributed by atoms with Crippen molar-refractivity contribution < 1.29 is 4.74 Å². The van der Waals surface area contributed by atoms with E-state index in [2.05, 4.69) is 64.1 Å². The van der Waals surface area contributed by atoms with Gasteiger partial charge in [-0.1, -0.05) is 44.2 Å². The number of hydrogen-bond acceptors (Lipinski definition) is 1. The van der Waals surface area contributed by atoms with Crippen LogP contribution < -0.4 is 4.74 Å². The van der Waals surface area contributed by atoms with Crippen LogP contribution in [0, 0.1) is 13.8 Å². The zero-order chi connectivity index (χ0) is 14.0. The molecule has 2 aromatic carbocycles. The Morgan fingerprint density at radius 2 is 1.58 bits per heavy atom. The Balaban J connectivity index is 2.75. The first-order valence-corrected chi connectivity index (χ1v) is 6.79. The van der Waals surface area contributed by atoms with Crippen LogP contribution in [0.5, 0.6) is 5.75 Å². The van der Waals surface area contributed by atoms with E-state index in [1.165, 1.54) is 27.8 Å². The molecule has 0 spiro atoms. The van der Waals surface area contributed by atoms with Crippen molar-refractivity contribution in [2.45, 2.75) is 33.6 Å². The van der Waals surface area contributed by atoms with Crippen LogP contribution in [0.3, 0.4) is 0 Å². The number of rotatable bonds is 3. The lowest BCUT2D eigenvalue weighted by atomic mass is 9.87. The van der Waals surface area contributed by atoms with Crippen LogP contribution in [0.1, 0.15) is 36.5 Å². The highest BCUT2D eigenvalue weighted by Gasteiger charge is 2.16. The maximum Gasteiger partial charge on any atom is 0.122 e. The van der Waals surface area contributed by atoms with Crippen LogP contribution in [-0.2, 0) is 0 Å². The van der Waals surface area contributed by atoms with E-state index < -0.39 is 0 Å². The van der Waals surface area contributed by atoms with Gasteiger partial charge in [0.2, 0.25) is 0 Å². The van der Waals surface area contributed by atoms with E-state index in [1.807, 2.05) is 0 Å². The maximum absolute atomic E-state index is 5.51. The van der Waals surface area contributed by atoms with Gasteiger partial charge in [-0.2, -0.15) is 0 Å². The average Bonchev–Trinajstić information content (AvgIpc) is 2.42. The lowest BCUT2D eigenvalue weighted by Crippen LogP contribution is -2.00. The van der Waals surface area contributed by atoms with Crippen molar-refractivity contribution in [2.75, 3.05) is 7.11 Å². The summed E-state index contributed by atoms with van der Waals surface area (Å²) >= 11 is 0. The van der Waals surface area contributed by atoms with Crippen molar-refractivity contribution in [3.05, 3.63) is 53.1 Å². The van der Waals surface area contributed by atoms with E-state index in [0.717, 1.165) is 5.75 Å². The molecule has 0 radical (unpaired) electrons. The molecule has 0 N–H and O–H groups in total. The van der Waals surface area contributed by atoms with Gasteiger partial charge in [0.1, 0.15) is 5.75 Å². The van der Waals surface area contributed by atoms with E-state index in [4.69, 9.17) is 4.74 Å². The van der Waals surface area contributed by atoms with Gasteiger partial charge in [0.25, 0.3) is 0 Å². The van der Waals surface area contributed by atoms with Gasteiger partial charge in [-0.15, -0.1) is 0 Å². The Hall–Kier alpha value is -1.76. The first kappa shape index (κ1) is 13.7. The topological polar surface area (TPSA) is 9.23 Å². The van der Waals surface area contributed by atoms with Crippen LogP contribution in [-0.4, -0.2) is 7.11 Å². The van der Waals surface area contributed by atoms with Crippen LogP contribution in [0.4, 0.5) is 0 Å². The lowest BCUT2D eigenvalue weighted by Gasteiger charge is -2.20. The highest BCUT2D eigenvalue weighted by atomic mass is 16.5. The fraction of sp³-hybridized carbons (Fsp3) is 0.333. The Bertz CT molecular complexity index is 568. The van der Waals surface area contributed by atoms with Gasteiger partial charge in [0.15, 0.2) is 0 Å². The van der Waals surface area contributed by atoms with Crippen LogP contribution in [0.25, 0.3) is 11.1 Å². The molecule has 1 nitrogen and oxygen atoms in total. The summed E-state index contributed by atoms with van der Waals surface area (Å²) in [4.78, 5) is 0. The highest BCUT2D eigenvalue weighted by molar-refractivity contribution is 5.74. The average molecular weight is 254 g/mol. The summed E-state index contributed by atoms with van der Waals surface area (Å²) in [5.74, 6) is 1.46. The molecule has 0 fully saturated rings.